The zero-order valence-electron chi connectivity index (χ0n) is 12.1. The molecule has 1 unspecified atom stereocenters. The zero-order chi connectivity index (χ0) is 14.5. The van der Waals surface area contributed by atoms with E-state index in [4.69, 9.17) is 4.42 Å². The van der Waals surface area contributed by atoms with Crippen molar-refractivity contribution in [1.29, 1.82) is 0 Å². The number of nitrogens with zero attached hydrogens (tertiary/aromatic N) is 2. The fourth-order valence-electron chi connectivity index (χ4n) is 2.27. The Kier molecular flexibility index (Phi) is 4.17. The number of aromatic nitrogens is 2. The van der Waals surface area contributed by atoms with Crippen LogP contribution < -0.4 is 5.32 Å². The Morgan fingerprint density at radius 3 is 2.81 bits per heavy atom. The molecule has 1 atom stereocenters. The minimum Gasteiger partial charge on any atom is -0.469 e. The van der Waals surface area contributed by atoms with Crippen LogP contribution in [0.1, 0.15) is 18.2 Å². The van der Waals surface area contributed by atoms with Crippen molar-refractivity contribution >= 4 is 0 Å². The first-order valence-electron chi connectivity index (χ1n) is 7.16. The predicted octanol–water partition coefficient (Wildman–Crippen LogP) is 3.19. The predicted molar refractivity (Wildman–Crippen MR) is 82.3 cm³/mol. The summed E-state index contributed by atoms with van der Waals surface area (Å²) >= 11 is 0. The summed E-state index contributed by atoms with van der Waals surface area (Å²) < 4.78 is 7.26. The van der Waals surface area contributed by atoms with Crippen LogP contribution in [0.15, 0.2) is 65.5 Å². The van der Waals surface area contributed by atoms with Crippen LogP contribution in [0.5, 0.6) is 0 Å². The van der Waals surface area contributed by atoms with Crippen molar-refractivity contribution in [1.82, 2.24) is 15.1 Å². The molecule has 2 heterocycles. The standard InChI is InChI=1S/C17H19N3O/c1-14(10-17-8-5-9-21-17)18-11-15-12-19-20(13-15)16-6-3-2-4-7-16/h2-9,12-14,18H,10-11H2,1H3. The molecule has 0 radical (unpaired) electrons. The van der Waals surface area contributed by atoms with Gasteiger partial charge in [-0.25, -0.2) is 4.68 Å². The average molecular weight is 281 g/mol. The SMILES string of the molecule is CC(Cc1ccco1)NCc1cnn(-c2ccccc2)c1. The van der Waals surface area contributed by atoms with Gasteiger partial charge in [0.05, 0.1) is 18.1 Å². The summed E-state index contributed by atoms with van der Waals surface area (Å²) in [5, 5.41) is 7.89. The van der Waals surface area contributed by atoms with Gasteiger partial charge in [-0.05, 0) is 31.2 Å². The molecular formula is C17H19N3O. The van der Waals surface area contributed by atoms with E-state index < -0.39 is 0 Å². The van der Waals surface area contributed by atoms with Crippen LogP contribution in [-0.4, -0.2) is 15.8 Å². The van der Waals surface area contributed by atoms with Gasteiger partial charge >= 0.3 is 0 Å². The molecule has 3 rings (SSSR count). The van der Waals surface area contributed by atoms with Gasteiger partial charge in [0.25, 0.3) is 0 Å². The monoisotopic (exact) mass is 281 g/mol. The molecule has 0 fully saturated rings. The Bertz CT molecular complexity index is 658. The molecule has 3 aromatic rings. The lowest BCUT2D eigenvalue weighted by Gasteiger charge is -2.11. The van der Waals surface area contributed by atoms with Crippen molar-refractivity contribution in [2.24, 2.45) is 0 Å². The lowest BCUT2D eigenvalue weighted by Crippen LogP contribution is -2.27. The van der Waals surface area contributed by atoms with Crippen molar-refractivity contribution in [2.75, 3.05) is 0 Å². The fraction of sp³-hybridized carbons (Fsp3) is 0.235. The molecule has 0 spiro atoms. The topological polar surface area (TPSA) is 43.0 Å². The van der Waals surface area contributed by atoms with Crippen LogP contribution in [0.25, 0.3) is 5.69 Å². The Balaban J connectivity index is 1.55. The maximum Gasteiger partial charge on any atom is 0.105 e. The van der Waals surface area contributed by atoms with E-state index in [0.717, 1.165) is 24.4 Å². The molecule has 0 amide bonds. The third kappa shape index (κ3) is 3.61. The van der Waals surface area contributed by atoms with Crippen LogP contribution in [0, 0.1) is 0 Å². The number of furan rings is 1. The second kappa shape index (κ2) is 6.41. The summed E-state index contributed by atoms with van der Waals surface area (Å²) in [5.74, 6) is 1.01. The highest BCUT2D eigenvalue weighted by molar-refractivity contribution is 5.30. The van der Waals surface area contributed by atoms with Crippen LogP contribution in [0.2, 0.25) is 0 Å². The van der Waals surface area contributed by atoms with Crippen molar-refractivity contribution in [3.63, 3.8) is 0 Å². The van der Waals surface area contributed by atoms with E-state index in [1.54, 1.807) is 6.26 Å². The number of nitrogens with one attached hydrogen (secondary N) is 1. The summed E-state index contributed by atoms with van der Waals surface area (Å²) in [6, 6.07) is 14.4. The average Bonchev–Trinajstić information content (AvgIpc) is 3.17. The summed E-state index contributed by atoms with van der Waals surface area (Å²) in [6.07, 6.45) is 6.56. The first-order chi connectivity index (χ1) is 10.3. The molecule has 0 aliphatic carbocycles. The maximum atomic E-state index is 5.36. The summed E-state index contributed by atoms with van der Waals surface area (Å²) in [6.45, 7) is 2.96. The van der Waals surface area contributed by atoms with Gasteiger partial charge < -0.3 is 9.73 Å². The molecule has 4 heteroatoms. The van der Waals surface area contributed by atoms with E-state index in [1.807, 2.05) is 53.3 Å². The first kappa shape index (κ1) is 13.6. The molecule has 0 saturated heterocycles. The Labute approximate surface area is 124 Å². The van der Waals surface area contributed by atoms with Crippen LogP contribution in [0.4, 0.5) is 0 Å². The summed E-state index contributed by atoms with van der Waals surface area (Å²) in [5.41, 5.74) is 2.25. The fourth-order valence-corrected chi connectivity index (χ4v) is 2.27. The van der Waals surface area contributed by atoms with Gasteiger partial charge in [0, 0.05) is 30.8 Å². The van der Waals surface area contributed by atoms with E-state index in [1.165, 1.54) is 5.56 Å². The Morgan fingerprint density at radius 1 is 1.19 bits per heavy atom. The zero-order valence-corrected chi connectivity index (χ0v) is 12.1. The van der Waals surface area contributed by atoms with Crippen LogP contribution >= 0.6 is 0 Å². The molecule has 108 valence electrons. The molecular weight excluding hydrogens is 262 g/mol. The van der Waals surface area contributed by atoms with Crippen molar-refractivity contribution in [3.05, 3.63) is 72.4 Å². The molecule has 0 saturated carbocycles. The van der Waals surface area contributed by atoms with Gasteiger partial charge in [0.2, 0.25) is 0 Å². The number of para-hydroxylation sites is 1. The lowest BCUT2D eigenvalue weighted by atomic mass is 10.2. The highest BCUT2D eigenvalue weighted by Gasteiger charge is 2.06. The normalized spacial score (nSPS) is 12.4. The lowest BCUT2D eigenvalue weighted by molar-refractivity contribution is 0.456. The van der Waals surface area contributed by atoms with Crippen molar-refractivity contribution in [2.45, 2.75) is 25.9 Å². The highest BCUT2D eigenvalue weighted by Crippen LogP contribution is 2.08. The van der Waals surface area contributed by atoms with E-state index in [9.17, 15) is 0 Å². The number of hydrogen-bond donors (Lipinski definition) is 1. The first-order valence-corrected chi connectivity index (χ1v) is 7.16. The van der Waals surface area contributed by atoms with Gasteiger partial charge in [-0.2, -0.15) is 5.10 Å². The van der Waals surface area contributed by atoms with Gasteiger partial charge in [-0.3, -0.25) is 0 Å². The largest absolute Gasteiger partial charge is 0.469 e. The van der Waals surface area contributed by atoms with E-state index >= 15 is 0 Å². The van der Waals surface area contributed by atoms with Crippen molar-refractivity contribution < 1.29 is 4.42 Å². The van der Waals surface area contributed by atoms with E-state index in [2.05, 4.69) is 23.5 Å². The molecule has 1 aromatic carbocycles. The minimum atomic E-state index is 0.358. The van der Waals surface area contributed by atoms with Gasteiger partial charge in [-0.1, -0.05) is 18.2 Å². The summed E-state index contributed by atoms with van der Waals surface area (Å²) in [7, 11) is 0. The van der Waals surface area contributed by atoms with Gasteiger partial charge in [0.1, 0.15) is 5.76 Å². The van der Waals surface area contributed by atoms with Gasteiger partial charge in [-0.15, -0.1) is 0 Å². The molecule has 0 bridgehead atoms. The van der Waals surface area contributed by atoms with Gasteiger partial charge in [0.15, 0.2) is 0 Å². The molecule has 0 aliphatic rings. The smallest absolute Gasteiger partial charge is 0.105 e. The highest BCUT2D eigenvalue weighted by atomic mass is 16.3. The van der Waals surface area contributed by atoms with E-state index in [0.29, 0.717) is 6.04 Å². The Hall–Kier alpha value is -2.33. The van der Waals surface area contributed by atoms with E-state index in [-0.39, 0.29) is 0 Å². The van der Waals surface area contributed by atoms with Crippen molar-refractivity contribution in [3.8, 4) is 5.69 Å². The molecule has 4 nitrogen and oxygen atoms in total. The third-order valence-electron chi connectivity index (χ3n) is 3.40. The molecule has 21 heavy (non-hydrogen) atoms. The van der Waals surface area contributed by atoms with Crippen LogP contribution in [0.3, 0.4) is 0 Å². The number of rotatable bonds is 6. The summed E-state index contributed by atoms with van der Waals surface area (Å²) in [4.78, 5) is 0. The molecule has 2 aromatic heterocycles. The molecule has 0 aliphatic heterocycles. The maximum absolute atomic E-state index is 5.36. The number of benzene rings is 1. The van der Waals surface area contributed by atoms with Crippen LogP contribution in [-0.2, 0) is 13.0 Å². The minimum absolute atomic E-state index is 0.358. The number of hydrogen-bond acceptors (Lipinski definition) is 3. The second-order valence-corrected chi connectivity index (χ2v) is 5.19. The second-order valence-electron chi connectivity index (χ2n) is 5.19. The third-order valence-corrected chi connectivity index (χ3v) is 3.40. The molecule has 1 N–H and O–H groups in total. The Morgan fingerprint density at radius 2 is 2.05 bits per heavy atom. The quantitative estimate of drug-likeness (QED) is 0.754.